The number of nitrogens with zero attached hydrogens (tertiary/aromatic N) is 5. The fourth-order valence-electron chi connectivity index (χ4n) is 3.89. The monoisotopic (exact) mass is 377 g/mol. The van der Waals surface area contributed by atoms with Gasteiger partial charge in [-0.25, -0.2) is 4.39 Å². The molecule has 0 spiro atoms. The lowest BCUT2D eigenvalue weighted by Crippen LogP contribution is -2.38. The van der Waals surface area contributed by atoms with Crippen molar-refractivity contribution in [1.29, 1.82) is 0 Å². The van der Waals surface area contributed by atoms with Crippen LogP contribution in [0, 0.1) is 5.82 Å². The topological polar surface area (TPSA) is 54.3 Å². The average Bonchev–Trinajstić information content (AvgIpc) is 3.23. The van der Waals surface area contributed by atoms with Crippen LogP contribution in [0.4, 0.5) is 4.39 Å². The van der Waals surface area contributed by atoms with Crippen LogP contribution in [0.3, 0.4) is 0 Å². The summed E-state index contributed by atoms with van der Waals surface area (Å²) < 4.78 is 16.3. The number of rotatable bonds is 3. The number of halogens is 2. The highest BCUT2D eigenvalue weighted by Crippen LogP contribution is 2.34. The Kier molecular flexibility index (Phi) is 4.67. The van der Waals surface area contributed by atoms with Gasteiger partial charge in [-0.2, -0.15) is 0 Å². The fourth-order valence-corrected chi connectivity index (χ4v) is 4.08. The van der Waals surface area contributed by atoms with Gasteiger partial charge in [0.1, 0.15) is 5.82 Å². The molecule has 138 valence electrons. The van der Waals surface area contributed by atoms with E-state index in [1.165, 1.54) is 6.07 Å². The third-order valence-corrected chi connectivity index (χ3v) is 5.51. The van der Waals surface area contributed by atoms with Gasteiger partial charge in [0.05, 0.1) is 12.6 Å². The Hall–Kier alpha value is -1.99. The summed E-state index contributed by atoms with van der Waals surface area (Å²) in [6.07, 6.45) is 2.01. The summed E-state index contributed by atoms with van der Waals surface area (Å²) >= 11 is 6.03. The number of fused-ring (bicyclic) bond motifs is 1. The number of carbonyl (C=O) groups is 1. The third kappa shape index (κ3) is 3.21. The molecule has 0 aliphatic carbocycles. The first kappa shape index (κ1) is 17.4. The van der Waals surface area contributed by atoms with Crippen molar-refractivity contribution in [3.8, 4) is 0 Å². The number of hydrogen-bond donors (Lipinski definition) is 0. The Morgan fingerprint density at radius 2 is 2.15 bits per heavy atom. The van der Waals surface area contributed by atoms with Crippen molar-refractivity contribution in [2.75, 3.05) is 13.1 Å². The van der Waals surface area contributed by atoms with Gasteiger partial charge in [-0.05, 0) is 37.6 Å². The molecule has 0 radical (unpaired) electrons. The average molecular weight is 378 g/mol. The van der Waals surface area contributed by atoms with Gasteiger partial charge < -0.3 is 9.47 Å². The van der Waals surface area contributed by atoms with Crippen LogP contribution >= 0.6 is 11.6 Å². The molecule has 2 aliphatic rings. The molecule has 6 nitrogen and oxygen atoms in total. The van der Waals surface area contributed by atoms with E-state index < -0.39 is 0 Å². The summed E-state index contributed by atoms with van der Waals surface area (Å²) in [5, 5.41) is 9.27. The highest BCUT2D eigenvalue weighted by Gasteiger charge is 2.33. The maximum absolute atomic E-state index is 14.1. The maximum atomic E-state index is 14.1. The molecule has 1 saturated heterocycles. The van der Waals surface area contributed by atoms with Gasteiger partial charge in [0.2, 0.25) is 5.91 Å². The summed E-state index contributed by atoms with van der Waals surface area (Å²) in [7, 11) is 0. The molecule has 0 bridgehead atoms. The second kappa shape index (κ2) is 6.96. The molecule has 1 aromatic heterocycles. The van der Waals surface area contributed by atoms with E-state index in [0.717, 1.165) is 31.0 Å². The fraction of sp³-hybridized carbons (Fsp3) is 0.500. The molecule has 1 unspecified atom stereocenters. The van der Waals surface area contributed by atoms with Crippen molar-refractivity contribution in [3.63, 3.8) is 0 Å². The van der Waals surface area contributed by atoms with E-state index in [1.54, 1.807) is 24.0 Å². The zero-order valence-corrected chi connectivity index (χ0v) is 15.4. The quantitative estimate of drug-likeness (QED) is 0.825. The van der Waals surface area contributed by atoms with Gasteiger partial charge in [-0.15, -0.1) is 10.2 Å². The van der Waals surface area contributed by atoms with Crippen LogP contribution in [-0.2, 0) is 24.4 Å². The predicted molar refractivity (Wildman–Crippen MR) is 94.9 cm³/mol. The van der Waals surface area contributed by atoms with Crippen molar-refractivity contribution in [2.45, 2.75) is 45.4 Å². The predicted octanol–water partition coefficient (Wildman–Crippen LogP) is 2.77. The number of aromatic nitrogens is 3. The van der Waals surface area contributed by atoms with E-state index >= 15 is 0 Å². The lowest BCUT2D eigenvalue weighted by atomic mass is 10.1. The zero-order valence-electron chi connectivity index (χ0n) is 14.7. The molecule has 4 rings (SSSR count). The third-order valence-electron chi connectivity index (χ3n) is 5.27. The van der Waals surface area contributed by atoms with E-state index in [0.29, 0.717) is 36.8 Å². The Bertz CT molecular complexity index is 839. The second-order valence-corrected chi connectivity index (χ2v) is 7.37. The van der Waals surface area contributed by atoms with Crippen molar-refractivity contribution in [3.05, 3.63) is 46.3 Å². The molecule has 0 saturated carbocycles. The van der Waals surface area contributed by atoms with Crippen LogP contribution in [0.15, 0.2) is 18.2 Å². The van der Waals surface area contributed by atoms with Crippen LogP contribution in [0.1, 0.15) is 43.0 Å². The molecule has 2 aromatic rings. The highest BCUT2D eigenvalue weighted by molar-refractivity contribution is 6.30. The molecule has 2 aliphatic heterocycles. The minimum Gasteiger partial charge on any atom is -0.334 e. The van der Waals surface area contributed by atoms with E-state index in [-0.39, 0.29) is 17.8 Å². The Balaban J connectivity index is 1.56. The molecule has 1 fully saturated rings. The van der Waals surface area contributed by atoms with Gasteiger partial charge in [0, 0.05) is 37.1 Å². The van der Waals surface area contributed by atoms with Gasteiger partial charge >= 0.3 is 0 Å². The minimum atomic E-state index is -0.236. The van der Waals surface area contributed by atoms with Crippen LogP contribution in [0.25, 0.3) is 0 Å². The molecule has 3 heterocycles. The van der Waals surface area contributed by atoms with Gasteiger partial charge in [-0.1, -0.05) is 11.6 Å². The van der Waals surface area contributed by atoms with Gasteiger partial charge in [0.15, 0.2) is 11.6 Å². The molecular formula is C18H21ClFN5O. The van der Waals surface area contributed by atoms with Gasteiger partial charge in [-0.3, -0.25) is 9.69 Å². The highest BCUT2D eigenvalue weighted by atomic mass is 35.5. The first-order chi connectivity index (χ1) is 12.5. The Morgan fingerprint density at radius 3 is 2.96 bits per heavy atom. The summed E-state index contributed by atoms with van der Waals surface area (Å²) in [6, 6.07) is 4.78. The van der Waals surface area contributed by atoms with E-state index in [4.69, 9.17) is 11.6 Å². The number of carbonyl (C=O) groups excluding carboxylic acids is 1. The Morgan fingerprint density at radius 1 is 1.31 bits per heavy atom. The van der Waals surface area contributed by atoms with Crippen molar-refractivity contribution in [1.82, 2.24) is 24.6 Å². The summed E-state index contributed by atoms with van der Waals surface area (Å²) in [5.41, 5.74) is 0.602. The zero-order chi connectivity index (χ0) is 18.3. The lowest BCUT2D eigenvalue weighted by Gasteiger charge is -2.29. The molecule has 1 atom stereocenters. The van der Waals surface area contributed by atoms with Gasteiger partial charge in [0.25, 0.3) is 0 Å². The van der Waals surface area contributed by atoms with Crippen molar-refractivity contribution in [2.24, 2.45) is 0 Å². The number of likely N-dealkylation sites (tertiary alicyclic amines) is 1. The van der Waals surface area contributed by atoms with Crippen LogP contribution in [0.2, 0.25) is 5.02 Å². The minimum absolute atomic E-state index is 0.0553. The first-order valence-corrected chi connectivity index (χ1v) is 9.26. The standard InChI is InChI=1S/C18H21ClFN5O/c1-12(26)23-7-8-25-17(11-23)21-22-18(25)16-3-2-6-24(16)10-13-9-14(19)4-5-15(13)20/h4-5,9,16H,2-3,6-8,10-11H2,1H3. The van der Waals surface area contributed by atoms with Crippen molar-refractivity contribution >= 4 is 17.5 Å². The van der Waals surface area contributed by atoms with Crippen LogP contribution in [0.5, 0.6) is 0 Å². The Labute approximate surface area is 156 Å². The van der Waals surface area contributed by atoms with Crippen LogP contribution < -0.4 is 0 Å². The number of benzene rings is 1. The summed E-state index contributed by atoms with van der Waals surface area (Å²) in [4.78, 5) is 15.6. The van der Waals surface area contributed by atoms with E-state index in [9.17, 15) is 9.18 Å². The molecule has 26 heavy (non-hydrogen) atoms. The number of hydrogen-bond acceptors (Lipinski definition) is 4. The molecule has 0 N–H and O–H groups in total. The molecule has 1 aromatic carbocycles. The SMILES string of the molecule is CC(=O)N1CCn2c(nnc2C2CCCN2Cc2cc(Cl)ccc2F)C1. The maximum Gasteiger partial charge on any atom is 0.219 e. The lowest BCUT2D eigenvalue weighted by molar-refractivity contribution is -0.130. The van der Waals surface area contributed by atoms with Crippen LogP contribution in [-0.4, -0.2) is 43.6 Å². The molecule has 8 heteroatoms. The summed E-state index contributed by atoms with van der Waals surface area (Å²) in [6.45, 7) is 4.83. The molecule has 1 amide bonds. The molecular weight excluding hydrogens is 357 g/mol. The summed E-state index contributed by atoms with van der Waals surface area (Å²) in [5.74, 6) is 1.56. The second-order valence-electron chi connectivity index (χ2n) is 6.93. The largest absolute Gasteiger partial charge is 0.334 e. The smallest absolute Gasteiger partial charge is 0.219 e. The van der Waals surface area contributed by atoms with E-state index in [2.05, 4.69) is 19.7 Å². The normalized spacial score (nSPS) is 20.4. The number of amides is 1. The first-order valence-electron chi connectivity index (χ1n) is 8.88. The van der Waals surface area contributed by atoms with E-state index in [1.807, 2.05) is 0 Å². The van der Waals surface area contributed by atoms with Crippen molar-refractivity contribution < 1.29 is 9.18 Å².